The molecule has 0 saturated heterocycles. The molecule has 0 heterocycles. The van der Waals surface area contributed by atoms with Crippen molar-refractivity contribution in [1.82, 2.24) is 10.6 Å². The number of rotatable bonds is 7. The van der Waals surface area contributed by atoms with Crippen molar-refractivity contribution in [2.24, 2.45) is 0 Å². The Morgan fingerprint density at radius 1 is 0.943 bits per heavy atom. The lowest BCUT2D eigenvalue weighted by atomic mass is 9.96. The summed E-state index contributed by atoms with van der Waals surface area (Å²) in [5, 5.41) is 3.43. The molecule has 35 heavy (non-hydrogen) atoms. The number of hydrogen-bond acceptors (Lipinski definition) is 2. The number of hydrogen-bond donors (Lipinski definition) is 2. The molecular formula is C21H14Cl4F6N2OS. The topological polar surface area (TPSA) is 41.1 Å². The van der Waals surface area contributed by atoms with Crippen LogP contribution >= 0.6 is 58.6 Å². The van der Waals surface area contributed by atoms with Crippen molar-refractivity contribution >= 4 is 75.6 Å². The third-order valence-electron chi connectivity index (χ3n) is 4.35. The highest BCUT2D eigenvalue weighted by atomic mass is 35.5. The van der Waals surface area contributed by atoms with Gasteiger partial charge in [-0.1, -0.05) is 64.6 Å². The Kier molecular flexibility index (Phi) is 10.1. The van der Waals surface area contributed by atoms with Crippen LogP contribution in [0.5, 0.6) is 0 Å². The number of halogens is 10. The SMILES string of the molecule is O=C(CNC(=S)NCC(F)(F)F)c1ccc(/C=C/C(c2cc(Cl)c(Cl)c(Cl)c2)C(F)(F)F)cc1Cl. The van der Waals surface area contributed by atoms with Crippen molar-refractivity contribution in [3.8, 4) is 0 Å². The van der Waals surface area contributed by atoms with E-state index in [2.05, 4.69) is 17.5 Å². The van der Waals surface area contributed by atoms with E-state index in [4.69, 9.17) is 46.4 Å². The van der Waals surface area contributed by atoms with Crippen LogP contribution in [-0.2, 0) is 0 Å². The Morgan fingerprint density at radius 3 is 2.06 bits per heavy atom. The number of allylic oxidation sites excluding steroid dienone is 1. The van der Waals surface area contributed by atoms with E-state index in [0.717, 1.165) is 24.3 Å². The fourth-order valence-electron chi connectivity index (χ4n) is 2.73. The van der Waals surface area contributed by atoms with Gasteiger partial charge >= 0.3 is 12.4 Å². The molecular weight excluding hydrogens is 584 g/mol. The molecule has 2 aromatic carbocycles. The zero-order valence-corrected chi connectivity index (χ0v) is 21.0. The summed E-state index contributed by atoms with van der Waals surface area (Å²) in [6.45, 7) is -1.82. The second-order valence-electron chi connectivity index (χ2n) is 6.99. The van der Waals surface area contributed by atoms with Gasteiger partial charge < -0.3 is 10.6 Å². The molecule has 0 aliphatic heterocycles. The van der Waals surface area contributed by atoms with Gasteiger partial charge in [-0.15, -0.1) is 0 Å². The van der Waals surface area contributed by atoms with Crippen LogP contribution in [0.4, 0.5) is 26.3 Å². The van der Waals surface area contributed by atoms with Crippen LogP contribution in [0, 0.1) is 0 Å². The summed E-state index contributed by atoms with van der Waals surface area (Å²) in [6, 6.07) is 6.02. The smallest absolute Gasteiger partial charge is 0.355 e. The molecule has 0 aliphatic rings. The maximum Gasteiger partial charge on any atom is 0.405 e. The molecule has 1 unspecified atom stereocenters. The van der Waals surface area contributed by atoms with Crippen molar-refractivity contribution in [2.75, 3.05) is 13.1 Å². The molecule has 14 heteroatoms. The second-order valence-corrected chi connectivity index (χ2v) is 9.00. The van der Waals surface area contributed by atoms with E-state index in [-0.39, 0.29) is 41.9 Å². The summed E-state index contributed by atoms with van der Waals surface area (Å²) in [7, 11) is 0. The Labute approximate surface area is 221 Å². The number of ketones is 1. The number of benzene rings is 2. The highest BCUT2D eigenvalue weighted by Gasteiger charge is 2.39. The molecule has 0 amide bonds. The molecule has 0 bridgehead atoms. The fraction of sp³-hybridized carbons (Fsp3) is 0.238. The van der Waals surface area contributed by atoms with Crippen LogP contribution < -0.4 is 10.6 Å². The third-order valence-corrected chi connectivity index (χ3v) is 6.15. The molecule has 2 N–H and O–H groups in total. The van der Waals surface area contributed by atoms with Gasteiger partial charge in [0.05, 0.1) is 32.6 Å². The van der Waals surface area contributed by atoms with Gasteiger partial charge in [0.15, 0.2) is 10.9 Å². The standard InChI is InChI=1S/C21H14Cl4F6N2OS/c22-14-5-10(1-3-12(14)17(34)8-32-19(35)33-9-20(26,27)28)2-4-13(21(29,30)31)11-6-15(23)18(25)16(24)7-11/h1-7,13H,8-9H2,(H2,32,33,35)/b4-2+. The molecule has 0 radical (unpaired) electrons. The first kappa shape index (κ1) is 29.5. The fourth-order valence-corrected chi connectivity index (χ4v) is 3.78. The van der Waals surface area contributed by atoms with Crippen LogP contribution in [-0.4, -0.2) is 36.3 Å². The summed E-state index contributed by atoms with van der Waals surface area (Å²) in [6.07, 6.45) is -7.14. The molecule has 1 atom stereocenters. The van der Waals surface area contributed by atoms with E-state index >= 15 is 0 Å². The van der Waals surface area contributed by atoms with Crippen LogP contribution in [0.1, 0.15) is 27.4 Å². The van der Waals surface area contributed by atoms with Gasteiger partial charge in [-0.25, -0.2) is 0 Å². The molecule has 0 aliphatic carbocycles. The van der Waals surface area contributed by atoms with Crippen molar-refractivity contribution in [3.05, 3.63) is 73.2 Å². The summed E-state index contributed by atoms with van der Waals surface area (Å²) in [5.74, 6) is -2.66. The van der Waals surface area contributed by atoms with Gasteiger partial charge in [0.2, 0.25) is 0 Å². The zero-order valence-electron chi connectivity index (χ0n) is 17.1. The van der Waals surface area contributed by atoms with E-state index in [1.165, 1.54) is 18.2 Å². The number of alkyl halides is 6. The van der Waals surface area contributed by atoms with Crippen LogP contribution in [0.15, 0.2) is 36.4 Å². The monoisotopic (exact) mass is 596 g/mol. The quantitative estimate of drug-likeness (QED) is 0.147. The summed E-state index contributed by atoms with van der Waals surface area (Å²) in [4.78, 5) is 12.3. The summed E-state index contributed by atoms with van der Waals surface area (Å²) in [5.41, 5.74) is 0.0214. The summed E-state index contributed by atoms with van der Waals surface area (Å²) < 4.78 is 77.5. The van der Waals surface area contributed by atoms with E-state index in [1.807, 2.05) is 5.32 Å². The molecule has 0 fully saturated rings. The third kappa shape index (κ3) is 9.02. The normalized spacial score (nSPS) is 13.1. The average Bonchev–Trinajstić information content (AvgIpc) is 2.73. The highest BCUT2D eigenvalue weighted by molar-refractivity contribution is 7.80. The van der Waals surface area contributed by atoms with E-state index in [9.17, 15) is 31.1 Å². The maximum atomic E-state index is 13.7. The molecule has 2 rings (SSSR count). The zero-order chi connectivity index (χ0) is 26.6. The minimum atomic E-state index is -4.68. The van der Waals surface area contributed by atoms with Gasteiger partial charge in [0.1, 0.15) is 6.54 Å². The molecule has 0 spiro atoms. The number of thiocarbonyl (C=S) groups is 1. The highest BCUT2D eigenvalue weighted by Crippen LogP contribution is 2.41. The number of Topliss-reactive ketones (excluding diaryl/α,β-unsaturated/α-hetero) is 1. The largest absolute Gasteiger partial charge is 0.405 e. The van der Waals surface area contributed by atoms with Gasteiger partial charge in [-0.05, 0) is 47.6 Å². The summed E-state index contributed by atoms with van der Waals surface area (Å²) >= 11 is 28.3. The Bertz CT molecular complexity index is 1110. The van der Waals surface area contributed by atoms with Crippen LogP contribution in [0.2, 0.25) is 20.1 Å². The molecule has 0 saturated carbocycles. The Morgan fingerprint density at radius 2 is 1.54 bits per heavy atom. The minimum absolute atomic E-state index is 0.00132. The van der Waals surface area contributed by atoms with Crippen LogP contribution in [0.25, 0.3) is 6.08 Å². The average molecular weight is 598 g/mol. The predicted molar refractivity (Wildman–Crippen MR) is 130 cm³/mol. The molecule has 2 aromatic rings. The van der Waals surface area contributed by atoms with Crippen molar-refractivity contribution < 1.29 is 31.1 Å². The maximum absolute atomic E-state index is 13.7. The molecule has 3 nitrogen and oxygen atoms in total. The molecule has 190 valence electrons. The van der Waals surface area contributed by atoms with Gasteiger partial charge in [-0.3, -0.25) is 4.79 Å². The first-order valence-electron chi connectivity index (χ1n) is 9.39. The number of carbonyl (C=O) groups excluding carboxylic acids is 1. The van der Waals surface area contributed by atoms with Crippen LogP contribution in [0.3, 0.4) is 0 Å². The van der Waals surface area contributed by atoms with Gasteiger partial charge in [0.25, 0.3) is 0 Å². The second kappa shape index (κ2) is 12.0. The van der Waals surface area contributed by atoms with Gasteiger partial charge in [-0.2, -0.15) is 26.3 Å². The number of carbonyl (C=O) groups is 1. The lowest BCUT2D eigenvalue weighted by Crippen LogP contribution is -2.42. The van der Waals surface area contributed by atoms with E-state index in [0.29, 0.717) is 0 Å². The predicted octanol–water partition coefficient (Wildman–Crippen LogP) is 7.87. The lowest BCUT2D eigenvalue weighted by Gasteiger charge is -2.18. The van der Waals surface area contributed by atoms with E-state index in [1.54, 1.807) is 0 Å². The van der Waals surface area contributed by atoms with E-state index < -0.39 is 37.1 Å². The van der Waals surface area contributed by atoms with Crippen molar-refractivity contribution in [3.63, 3.8) is 0 Å². The minimum Gasteiger partial charge on any atom is -0.355 e. The first-order chi connectivity index (χ1) is 16.1. The Balaban J connectivity index is 2.15. The molecule has 0 aromatic heterocycles. The lowest BCUT2D eigenvalue weighted by molar-refractivity contribution is -0.139. The first-order valence-corrected chi connectivity index (χ1v) is 11.3. The Hall–Kier alpha value is -1.72. The van der Waals surface area contributed by atoms with Crippen molar-refractivity contribution in [2.45, 2.75) is 18.3 Å². The van der Waals surface area contributed by atoms with Gasteiger partial charge in [0, 0.05) is 5.56 Å². The van der Waals surface area contributed by atoms with Crippen molar-refractivity contribution in [1.29, 1.82) is 0 Å². The number of nitrogens with one attached hydrogen (secondary N) is 2.